The highest BCUT2D eigenvalue weighted by atomic mass is 35.5. The molecule has 1 aliphatic heterocycles. The third-order valence-corrected chi connectivity index (χ3v) is 6.62. The van der Waals surface area contributed by atoms with Gasteiger partial charge in [-0.3, -0.25) is 4.79 Å². The van der Waals surface area contributed by atoms with E-state index in [1.54, 1.807) is 13.3 Å². The average Bonchev–Trinajstić information content (AvgIpc) is 2.84. The van der Waals surface area contributed by atoms with Crippen molar-refractivity contribution in [2.75, 3.05) is 43.1 Å². The van der Waals surface area contributed by atoms with E-state index in [9.17, 15) is 4.79 Å². The lowest BCUT2D eigenvalue weighted by Gasteiger charge is -2.36. The van der Waals surface area contributed by atoms with E-state index in [1.165, 1.54) is 5.69 Å². The summed E-state index contributed by atoms with van der Waals surface area (Å²) in [6.45, 7) is 3.44. The standard InChI is InChI=1S/C25H25ClN4O2/c1-32-21-8-6-20(7-9-21)29-10-12-30(13-11-29)25-27-16-22-23(28-25)14-18(15-24(22)31)17-2-4-19(26)5-3-17/h2-9,16,18H,10-15H2,1H3/t18-/m1/s1. The number of hydrogen-bond acceptors (Lipinski definition) is 6. The molecule has 1 aliphatic carbocycles. The fourth-order valence-electron chi connectivity index (χ4n) is 4.52. The Bertz CT molecular complexity index is 1110. The van der Waals surface area contributed by atoms with Gasteiger partial charge in [-0.2, -0.15) is 0 Å². The van der Waals surface area contributed by atoms with Gasteiger partial charge in [0.2, 0.25) is 5.95 Å². The fraction of sp³-hybridized carbons (Fsp3) is 0.320. The van der Waals surface area contributed by atoms with Crippen LogP contribution in [0.15, 0.2) is 54.7 Å². The first-order valence-electron chi connectivity index (χ1n) is 10.9. The second-order valence-corrected chi connectivity index (χ2v) is 8.72. The summed E-state index contributed by atoms with van der Waals surface area (Å²) < 4.78 is 5.25. The number of anilines is 2. The summed E-state index contributed by atoms with van der Waals surface area (Å²) in [6.07, 6.45) is 2.94. The van der Waals surface area contributed by atoms with Gasteiger partial charge in [-0.15, -0.1) is 0 Å². The number of Topliss-reactive ketones (excluding diaryl/α,β-unsaturated/α-hetero) is 1. The zero-order valence-electron chi connectivity index (χ0n) is 18.0. The Morgan fingerprint density at radius 2 is 1.62 bits per heavy atom. The number of nitrogens with zero attached hydrogens (tertiary/aromatic N) is 4. The molecule has 5 rings (SSSR count). The van der Waals surface area contributed by atoms with Crippen molar-refractivity contribution in [2.45, 2.75) is 18.8 Å². The molecule has 0 saturated carbocycles. The Morgan fingerprint density at radius 3 is 2.31 bits per heavy atom. The molecular formula is C25H25ClN4O2. The van der Waals surface area contributed by atoms with Crippen LogP contribution in [-0.2, 0) is 6.42 Å². The highest BCUT2D eigenvalue weighted by molar-refractivity contribution is 6.30. The summed E-state index contributed by atoms with van der Waals surface area (Å²) in [5.41, 5.74) is 3.83. The van der Waals surface area contributed by atoms with Crippen LogP contribution in [0.25, 0.3) is 0 Å². The van der Waals surface area contributed by atoms with Crippen LogP contribution >= 0.6 is 11.6 Å². The smallest absolute Gasteiger partial charge is 0.225 e. The zero-order valence-corrected chi connectivity index (χ0v) is 18.8. The van der Waals surface area contributed by atoms with E-state index in [0.29, 0.717) is 23.0 Å². The lowest BCUT2D eigenvalue weighted by molar-refractivity contribution is 0.0962. The van der Waals surface area contributed by atoms with Crippen LogP contribution in [0.3, 0.4) is 0 Å². The summed E-state index contributed by atoms with van der Waals surface area (Å²) >= 11 is 6.03. The molecule has 0 bridgehead atoms. The summed E-state index contributed by atoms with van der Waals surface area (Å²) in [5, 5.41) is 0.703. The molecule has 0 spiro atoms. The minimum Gasteiger partial charge on any atom is -0.497 e. The van der Waals surface area contributed by atoms with E-state index in [2.05, 4.69) is 26.9 Å². The van der Waals surface area contributed by atoms with Gasteiger partial charge >= 0.3 is 0 Å². The van der Waals surface area contributed by atoms with Gasteiger partial charge in [0.25, 0.3) is 0 Å². The van der Waals surface area contributed by atoms with Crippen molar-refractivity contribution in [2.24, 2.45) is 0 Å². The third-order valence-electron chi connectivity index (χ3n) is 6.37. The SMILES string of the molecule is COc1ccc(N2CCN(c3ncc4c(n3)C[C@@H](c3ccc(Cl)cc3)CC4=O)CC2)cc1. The van der Waals surface area contributed by atoms with Crippen LogP contribution in [0.4, 0.5) is 11.6 Å². The Hall–Kier alpha value is -3.12. The number of fused-ring (bicyclic) bond motifs is 1. The zero-order chi connectivity index (χ0) is 22.1. The number of ketones is 1. The Balaban J connectivity index is 1.29. The molecule has 32 heavy (non-hydrogen) atoms. The Morgan fingerprint density at radius 1 is 0.938 bits per heavy atom. The van der Waals surface area contributed by atoms with Gasteiger partial charge in [0.15, 0.2) is 5.78 Å². The van der Waals surface area contributed by atoms with E-state index in [0.717, 1.165) is 49.6 Å². The summed E-state index contributed by atoms with van der Waals surface area (Å²) in [6, 6.07) is 15.9. The van der Waals surface area contributed by atoms with Crippen LogP contribution < -0.4 is 14.5 Å². The van der Waals surface area contributed by atoms with Gasteiger partial charge in [0, 0.05) is 49.5 Å². The molecule has 6 nitrogen and oxygen atoms in total. The third kappa shape index (κ3) is 4.15. The molecule has 1 aromatic heterocycles. The first-order valence-corrected chi connectivity index (χ1v) is 11.3. The average molecular weight is 449 g/mol. The summed E-state index contributed by atoms with van der Waals surface area (Å²) in [5.74, 6) is 1.81. The minimum atomic E-state index is 0.113. The lowest BCUT2D eigenvalue weighted by atomic mass is 9.82. The molecule has 164 valence electrons. The second-order valence-electron chi connectivity index (χ2n) is 8.28. The summed E-state index contributed by atoms with van der Waals surface area (Å²) in [4.78, 5) is 26.7. The van der Waals surface area contributed by atoms with E-state index in [-0.39, 0.29) is 11.7 Å². The molecule has 7 heteroatoms. The molecule has 3 aromatic rings. The molecule has 2 heterocycles. The molecular weight excluding hydrogens is 424 g/mol. The van der Waals surface area contributed by atoms with Crippen molar-refractivity contribution in [1.82, 2.24) is 9.97 Å². The van der Waals surface area contributed by atoms with Crippen LogP contribution in [0.1, 0.15) is 34.0 Å². The fourth-order valence-corrected chi connectivity index (χ4v) is 4.64. The van der Waals surface area contributed by atoms with Crippen LogP contribution in [0.5, 0.6) is 5.75 Å². The predicted octanol–water partition coefficient (Wildman–Crippen LogP) is 4.38. The minimum absolute atomic E-state index is 0.113. The topological polar surface area (TPSA) is 58.6 Å². The number of benzene rings is 2. The van der Waals surface area contributed by atoms with E-state index in [1.807, 2.05) is 36.4 Å². The maximum atomic E-state index is 12.7. The number of halogens is 1. The molecule has 0 amide bonds. The Kier molecular flexibility index (Phi) is 5.70. The number of aromatic nitrogens is 2. The van der Waals surface area contributed by atoms with Crippen LogP contribution in [-0.4, -0.2) is 49.0 Å². The summed E-state index contributed by atoms with van der Waals surface area (Å²) in [7, 11) is 1.68. The van der Waals surface area contributed by atoms with Crippen molar-refractivity contribution < 1.29 is 9.53 Å². The number of hydrogen-bond donors (Lipinski definition) is 0. The quantitative estimate of drug-likeness (QED) is 0.590. The van der Waals surface area contributed by atoms with Crippen LogP contribution in [0.2, 0.25) is 5.02 Å². The number of rotatable bonds is 4. The first kappa shape index (κ1) is 20.8. The molecule has 2 aliphatic rings. The number of carbonyl (C=O) groups is 1. The second kappa shape index (κ2) is 8.79. The molecule has 0 radical (unpaired) electrons. The first-order chi connectivity index (χ1) is 15.6. The van der Waals surface area contributed by atoms with Crippen molar-refractivity contribution in [3.8, 4) is 5.75 Å². The van der Waals surface area contributed by atoms with Gasteiger partial charge in [0.1, 0.15) is 5.75 Å². The van der Waals surface area contributed by atoms with E-state index in [4.69, 9.17) is 21.3 Å². The molecule has 2 aromatic carbocycles. The van der Waals surface area contributed by atoms with Crippen molar-refractivity contribution in [3.05, 3.63) is 76.6 Å². The van der Waals surface area contributed by atoms with Crippen molar-refractivity contribution >= 4 is 29.0 Å². The largest absolute Gasteiger partial charge is 0.497 e. The number of piperazine rings is 1. The van der Waals surface area contributed by atoms with Crippen molar-refractivity contribution in [1.29, 1.82) is 0 Å². The molecule has 0 N–H and O–H groups in total. The molecule has 1 fully saturated rings. The maximum Gasteiger partial charge on any atom is 0.225 e. The van der Waals surface area contributed by atoms with Gasteiger partial charge in [-0.1, -0.05) is 23.7 Å². The molecule has 0 unspecified atom stereocenters. The Labute approximate surface area is 192 Å². The highest BCUT2D eigenvalue weighted by Gasteiger charge is 2.29. The number of carbonyl (C=O) groups excluding carboxylic acids is 1. The van der Waals surface area contributed by atoms with Gasteiger partial charge in [-0.05, 0) is 54.3 Å². The molecule has 1 atom stereocenters. The number of ether oxygens (including phenoxy) is 1. The van der Waals surface area contributed by atoms with Gasteiger partial charge in [-0.25, -0.2) is 9.97 Å². The lowest BCUT2D eigenvalue weighted by Crippen LogP contribution is -2.47. The van der Waals surface area contributed by atoms with Crippen LogP contribution in [0, 0.1) is 0 Å². The predicted molar refractivity (Wildman–Crippen MR) is 126 cm³/mol. The van der Waals surface area contributed by atoms with E-state index >= 15 is 0 Å². The number of methoxy groups -OCH3 is 1. The van der Waals surface area contributed by atoms with Gasteiger partial charge < -0.3 is 14.5 Å². The maximum absolute atomic E-state index is 12.7. The monoisotopic (exact) mass is 448 g/mol. The molecule has 1 saturated heterocycles. The van der Waals surface area contributed by atoms with Gasteiger partial charge in [0.05, 0.1) is 18.4 Å². The highest BCUT2D eigenvalue weighted by Crippen LogP contribution is 2.33. The van der Waals surface area contributed by atoms with E-state index < -0.39 is 0 Å². The van der Waals surface area contributed by atoms with Crippen molar-refractivity contribution in [3.63, 3.8) is 0 Å². The normalized spacial score (nSPS) is 18.4.